The molecule has 0 heterocycles. The summed E-state index contributed by atoms with van der Waals surface area (Å²) in [6.07, 6.45) is 5.65. The Kier molecular flexibility index (Phi) is 5.08. The first kappa shape index (κ1) is 14.2. The van der Waals surface area contributed by atoms with Gasteiger partial charge in [0.25, 0.3) is 0 Å². The van der Waals surface area contributed by atoms with Gasteiger partial charge in [0, 0.05) is 12.5 Å². The lowest BCUT2D eigenvalue weighted by Crippen LogP contribution is -2.31. The van der Waals surface area contributed by atoms with Crippen molar-refractivity contribution in [3.8, 4) is 5.75 Å². The molecule has 0 saturated heterocycles. The number of rotatable bonds is 4. The third-order valence-electron chi connectivity index (χ3n) is 3.66. The maximum absolute atomic E-state index is 12.0. The minimum Gasteiger partial charge on any atom is -0.495 e. The van der Waals surface area contributed by atoms with E-state index in [1.54, 1.807) is 7.11 Å². The van der Waals surface area contributed by atoms with E-state index in [1.807, 2.05) is 18.2 Å². The second-order valence-corrected chi connectivity index (χ2v) is 5.43. The highest BCUT2D eigenvalue weighted by Crippen LogP contribution is 2.26. The quantitative estimate of drug-likeness (QED) is 0.917. The number of benzene rings is 1. The fourth-order valence-electron chi connectivity index (χ4n) is 2.52. The van der Waals surface area contributed by atoms with Crippen LogP contribution >= 0.6 is 11.6 Å². The van der Waals surface area contributed by atoms with Crippen LogP contribution in [0.1, 0.15) is 37.7 Å². The van der Waals surface area contributed by atoms with Crippen molar-refractivity contribution < 1.29 is 9.53 Å². The summed E-state index contributed by atoms with van der Waals surface area (Å²) in [5.41, 5.74) is 0.995. The van der Waals surface area contributed by atoms with Crippen LogP contribution in [0.2, 0.25) is 5.02 Å². The van der Waals surface area contributed by atoms with Gasteiger partial charge in [-0.25, -0.2) is 0 Å². The van der Waals surface area contributed by atoms with E-state index in [0.717, 1.165) is 18.4 Å². The minimum atomic E-state index is 0.173. The van der Waals surface area contributed by atoms with Crippen molar-refractivity contribution in [2.24, 2.45) is 5.92 Å². The van der Waals surface area contributed by atoms with Crippen LogP contribution in [0.5, 0.6) is 5.75 Å². The molecular formula is C15H20ClNO2. The Labute approximate surface area is 119 Å². The second-order valence-electron chi connectivity index (χ2n) is 5.02. The Morgan fingerprint density at radius 2 is 2.11 bits per heavy atom. The van der Waals surface area contributed by atoms with E-state index in [2.05, 4.69) is 5.32 Å². The van der Waals surface area contributed by atoms with Crippen molar-refractivity contribution in [2.45, 2.75) is 38.6 Å². The van der Waals surface area contributed by atoms with E-state index in [0.29, 0.717) is 17.3 Å². The van der Waals surface area contributed by atoms with Gasteiger partial charge in [-0.2, -0.15) is 0 Å². The summed E-state index contributed by atoms with van der Waals surface area (Å²) in [6.45, 7) is 0.527. The molecule has 0 spiro atoms. The Hall–Kier alpha value is -1.22. The SMILES string of the molecule is COc1ccc(CNC(=O)C2CCCCC2)cc1Cl. The second kappa shape index (κ2) is 6.80. The summed E-state index contributed by atoms with van der Waals surface area (Å²) in [4.78, 5) is 12.0. The van der Waals surface area contributed by atoms with Gasteiger partial charge in [0.1, 0.15) is 5.75 Å². The highest BCUT2D eigenvalue weighted by atomic mass is 35.5. The maximum Gasteiger partial charge on any atom is 0.223 e. The van der Waals surface area contributed by atoms with Crippen molar-refractivity contribution in [1.82, 2.24) is 5.32 Å². The average molecular weight is 282 g/mol. The molecule has 3 nitrogen and oxygen atoms in total. The van der Waals surface area contributed by atoms with E-state index in [1.165, 1.54) is 19.3 Å². The van der Waals surface area contributed by atoms with E-state index in [4.69, 9.17) is 16.3 Å². The molecule has 2 rings (SSSR count). The summed E-state index contributed by atoms with van der Waals surface area (Å²) in [5, 5.41) is 3.57. The average Bonchev–Trinajstić information content (AvgIpc) is 2.46. The van der Waals surface area contributed by atoms with Crippen LogP contribution in [-0.4, -0.2) is 13.0 Å². The van der Waals surface area contributed by atoms with Gasteiger partial charge in [-0.1, -0.05) is 36.9 Å². The zero-order valence-corrected chi connectivity index (χ0v) is 12.0. The number of nitrogens with one attached hydrogen (secondary N) is 1. The third kappa shape index (κ3) is 3.87. The molecule has 0 aliphatic heterocycles. The molecule has 0 bridgehead atoms. The monoisotopic (exact) mass is 281 g/mol. The molecule has 1 aromatic rings. The molecule has 104 valence electrons. The lowest BCUT2D eigenvalue weighted by Gasteiger charge is -2.20. The van der Waals surface area contributed by atoms with Crippen LogP contribution in [-0.2, 0) is 11.3 Å². The molecule has 1 amide bonds. The molecule has 19 heavy (non-hydrogen) atoms. The summed E-state index contributed by atoms with van der Waals surface area (Å²) >= 11 is 6.06. The fourth-order valence-corrected chi connectivity index (χ4v) is 2.80. The number of carbonyl (C=O) groups excluding carboxylic acids is 1. The van der Waals surface area contributed by atoms with Crippen LogP contribution in [0.3, 0.4) is 0 Å². The van der Waals surface area contributed by atoms with Crippen molar-refractivity contribution >= 4 is 17.5 Å². The molecule has 0 atom stereocenters. The van der Waals surface area contributed by atoms with E-state index >= 15 is 0 Å². The minimum absolute atomic E-state index is 0.173. The number of hydrogen-bond donors (Lipinski definition) is 1. The van der Waals surface area contributed by atoms with Gasteiger partial charge in [-0.05, 0) is 30.5 Å². The molecule has 1 saturated carbocycles. The highest BCUT2D eigenvalue weighted by Gasteiger charge is 2.20. The third-order valence-corrected chi connectivity index (χ3v) is 3.95. The molecule has 1 fully saturated rings. The topological polar surface area (TPSA) is 38.3 Å². The maximum atomic E-state index is 12.0. The first-order chi connectivity index (χ1) is 9.20. The molecule has 1 aliphatic rings. The van der Waals surface area contributed by atoms with Crippen LogP contribution in [0.25, 0.3) is 0 Å². The number of methoxy groups -OCH3 is 1. The zero-order valence-electron chi connectivity index (χ0n) is 11.2. The van der Waals surface area contributed by atoms with E-state index in [-0.39, 0.29) is 11.8 Å². The largest absolute Gasteiger partial charge is 0.495 e. The van der Waals surface area contributed by atoms with Crippen LogP contribution in [0, 0.1) is 5.92 Å². The Balaban J connectivity index is 1.87. The van der Waals surface area contributed by atoms with Gasteiger partial charge in [0.2, 0.25) is 5.91 Å². The number of halogens is 1. The summed E-state index contributed by atoms with van der Waals surface area (Å²) in [7, 11) is 1.59. The number of ether oxygens (including phenoxy) is 1. The normalized spacial score (nSPS) is 16.1. The fraction of sp³-hybridized carbons (Fsp3) is 0.533. The van der Waals surface area contributed by atoms with E-state index < -0.39 is 0 Å². The van der Waals surface area contributed by atoms with Gasteiger partial charge < -0.3 is 10.1 Å². The Bertz CT molecular complexity index is 442. The highest BCUT2D eigenvalue weighted by molar-refractivity contribution is 6.32. The van der Waals surface area contributed by atoms with Crippen LogP contribution in [0.15, 0.2) is 18.2 Å². The molecule has 0 aromatic heterocycles. The number of carbonyl (C=O) groups is 1. The lowest BCUT2D eigenvalue weighted by atomic mass is 9.88. The molecule has 4 heteroatoms. The van der Waals surface area contributed by atoms with Gasteiger partial charge in [-0.3, -0.25) is 4.79 Å². The molecule has 1 N–H and O–H groups in total. The Morgan fingerprint density at radius 3 is 2.74 bits per heavy atom. The summed E-state index contributed by atoms with van der Waals surface area (Å²) < 4.78 is 5.10. The van der Waals surface area contributed by atoms with Gasteiger partial charge >= 0.3 is 0 Å². The molecule has 1 aromatic carbocycles. The lowest BCUT2D eigenvalue weighted by molar-refractivity contribution is -0.126. The first-order valence-corrected chi connectivity index (χ1v) is 7.18. The number of hydrogen-bond acceptors (Lipinski definition) is 2. The van der Waals surface area contributed by atoms with Crippen LogP contribution in [0.4, 0.5) is 0 Å². The van der Waals surface area contributed by atoms with Crippen LogP contribution < -0.4 is 10.1 Å². The van der Waals surface area contributed by atoms with Crippen molar-refractivity contribution in [3.05, 3.63) is 28.8 Å². The molecule has 1 aliphatic carbocycles. The van der Waals surface area contributed by atoms with Gasteiger partial charge in [0.05, 0.1) is 12.1 Å². The molecule has 0 radical (unpaired) electrons. The Morgan fingerprint density at radius 1 is 1.37 bits per heavy atom. The molecule has 0 unspecified atom stereocenters. The van der Waals surface area contributed by atoms with Crippen molar-refractivity contribution in [2.75, 3.05) is 7.11 Å². The van der Waals surface area contributed by atoms with Gasteiger partial charge in [-0.15, -0.1) is 0 Å². The predicted octanol–water partition coefficient (Wildman–Crippen LogP) is 3.55. The predicted molar refractivity (Wildman–Crippen MR) is 76.4 cm³/mol. The van der Waals surface area contributed by atoms with Crippen molar-refractivity contribution in [3.63, 3.8) is 0 Å². The zero-order chi connectivity index (χ0) is 13.7. The standard InChI is InChI=1S/C15H20ClNO2/c1-19-14-8-7-11(9-13(14)16)10-17-15(18)12-5-3-2-4-6-12/h7-9,12H,2-6,10H2,1H3,(H,17,18). The number of amides is 1. The first-order valence-electron chi connectivity index (χ1n) is 6.81. The van der Waals surface area contributed by atoms with E-state index in [9.17, 15) is 4.79 Å². The molecular weight excluding hydrogens is 262 g/mol. The summed E-state index contributed by atoms with van der Waals surface area (Å²) in [6, 6.07) is 5.58. The smallest absolute Gasteiger partial charge is 0.223 e. The van der Waals surface area contributed by atoms with Gasteiger partial charge in [0.15, 0.2) is 0 Å². The van der Waals surface area contributed by atoms with Crippen molar-refractivity contribution in [1.29, 1.82) is 0 Å². The summed E-state index contributed by atoms with van der Waals surface area (Å²) in [5.74, 6) is 1.03.